The molecule has 0 fully saturated rings. The van der Waals surface area contributed by atoms with Gasteiger partial charge in [-0.2, -0.15) is 4.39 Å². The van der Waals surface area contributed by atoms with Crippen molar-refractivity contribution in [1.82, 2.24) is 4.98 Å². The van der Waals surface area contributed by atoms with E-state index in [0.29, 0.717) is 5.46 Å². The Bertz CT molecular complexity index is 206. The van der Waals surface area contributed by atoms with E-state index in [1.54, 1.807) is 0 Å². The van der Waals surface area contributed by atoms with Gasteiger partial charge in [0.25, 0.3) is 0 Å². The fourth-order valence-electron chi connectivity index (χ4n) is 0.498. The predicted octanol–water partition coefficient (Wildman–Crippen LogP) is -0.542. The summed E-state index contributed by atoms with van der Waals surface area (Å²) in [4.78, 5) is 3.29. The van der Waals surface area contributed by atoms with Gasteiger partial charge in [-0.1, -0.05) is 6.07 Å². The van der Waals surface area contributed by atoms with Gasteiger partial charge < -0.3 is 5.02 Å². The molecule has 0 unspecified atom stereocenters. The molecule has 1 aromatic rings. The minimum atomic E-state index is -0.585. The second-order valence-corrected chi connectivity index (χ2v) is 1.54. The first-order chi connectivity index (χ1) is 4.33. The van der Waals surface area contributed by atoms with Crippen molar-refractivity contribution in [3.63, 3.8) is 0 Å². The van der Waals surface area contributed by atoms with Crippen LogP contribution in [0.1, 0.15) is 0 Å². The Hall–Kier alpha value is -0.895. The lowest BCUT2D eigenvalue weighted by Crippen LogP contribution is -2.13. The molecule has 0 bridgehead atoms. The predicted molar refractivity (Wildman–Crippen MR) is 31.8 cm³/mol. The Labute approximate surface area is 52.6 Å². The van der Waals surface area contributed by atoms with Crippen LogP contribution in [0.2, 0.25) is 0 Å². The standard InChI is InChI=1S/C5H4BFNO/c7-5-3-4(6-9)1-2-8-5/h1-3,9H/q-1. The SMILES string of the molecule is O[B-]c1ccnc(F)c1. The van der Waals surface area contributed by atoms with Gasteiger partial charge in [0, 0.05) is 6.20 Å². The van der Waals surface area contributed by atoms with Gasteiger partial charge in [0.1, 0.15) is 0 Å². The number of pyridine rings is 1. The van der Waals surface area contributed by atoms with E-state index in [0.717, 1.165) is 13.5 Å². The molecule has 0 saturated carbocycles. The highest BCUT2D eigenvalue weighted by molar-refractivity contribution is 6.45. The first-order valence-corrected chi connectivity index (χ1v) is 2.42. The van der Waals surface area contributed by atoms with Crippen molar-refractivity contribution in [1.29, 1.82) is 0 Å². The molecule has 2 nitrogen and oxygen atoms in total. The summed E-state index contributed by atoms with van der Waals surface area (Å²) in [6.07, 6.45) is 1.29. The maximum absolute atomic E-state index is 12.1. The third-order valence-electron chi connectivity index (χ3n) is 0.900. The molecule has 9 heavy (non-hydrogen) atoms. The number of halogens is 1. The highest BCUT2D eigenvalue weighted by Crippen LogP contribution is 1.84. The summed E-state index contributed by atoms with van der Waals surface area (Å²) < 4.78 is 12.1. The molecule has 0 saturated heterocycles. The third-order valence-corrected chi connectivity index (χ3v) is 0.900. The number of hydrogen-bond acceptors (Lipinski definition) is 2. The van der Waals surface area contributed by atoms with Crippen LogP contribution in [0.4, 0.5) is 4.39 Å². The molecule has 0 aliphatic carbocycles. The van der Waals surface area contributed by atoms with Crippen LogP contribution in [0.3, 0.4) is 0 Å². The Morgan fingerprint density at radius 2 is 2.44 bits per heavy atom. The Kier molecular flexibility index (Phi) is 1.79. The second kappa shape index (κ2) is 2.59. The van der Waals surface area contributed by atoms with Gasteiger partial charge in [0.15, 0.2) is 0 Å². The molecule has 0 aromatic carbocycles. The van der Waals surface area contributed by atoms with Gasteiger partial charge in [0.2, 0.25) is 5.95 Å². The maximum atomic E-state index is 12.1. The van der Waals surface area contributed by atoms with Crippen molar-refractivity contribution < 1.29 is 9.41 Å². The van der Waals surface area contributed by atoms with E-state index in [1.165, 1.54) is 12.3 Å². The van der Waals surface area contributed by atoms with E-state index in [-0.39, 0.29) is 0 Å². The Morgan fingerprint density at radius 1 is 1.67 bits per heavy atom. The molecule has 0 spiro atoms. The Balaban J connectivity index is 2.94. The zero-order chi connectivity index (χ0) is 6.69. The van der Waals surface area contributed by atoms with Gasteiger partial charge in [-0.05, 0) is 6.07 Å². The number of nitrogens with zero attached hydrogens (tertiary/aromatic N) is 1. The molecule has 4 heteroatoms. The van der Waals surface area contributed by atoms with Crippen molar-refractivity contribution in [2.75, 3.05) is 0 Å². The van der Waals surface area contributed by atoms with Crippen LogP contribution in [-0.2, 0) is 0 Å². The molecule has 0 atom stereocenters. The summed E-state index contributed by atoms with van der Waals surface area (Å²) in [7, 11) is 0.824. The molecule has 1 heterocycles. The van der Waals surface area contributed by atoms with E-state index in [1.807, 2.05) is 0 Å². The molecule has 0 aliphatic heterocycles. The summed E-state index contributed by atoms with van der Waals surface area (Å²) in [6, 6.07) is 2.64. The lowest BCUT2D eigenvalue weighted by Gasteiger charge is -2.04. The van der Waals surface area contributed by atoms with Gasteiger partial charge >= 0.3 is 0 Å². The molecule has 2 radical (unpaired) electrons. The first kappa shape index (κ1) is 6.23. The fourth-order valence-corrected chi connectivity index (χ4v) is 0.498. The lowest BCUT2D eigenvalue weighted by atomic mass is 9.90. The van der Waals surface area contributed by atoms with E-state index in [9.17, 15) is 4.39 Å². The summed E-state index contributed by atoms with van der Waals surface area (Å²) >= 11 is 0. The minimum absolute atomic E-state index is 0.419. The quantitative estimate of drug-likeness (QED) is 0.402. The maximum Gasteiger partial charge on any atom is 0.209 e. The van der Waals surface area contributed by atoms with Crippen LogP contribution < -0.4 is 5.46 Å². The molecule has 1 aromatic heterocycles. The van der Waals surface area contributed by atoms with Gasteiger partial charge in [-0.25, -0.2) is 10.4 Å². The van der Waals surface area contributed by atoms with Crippen LogP contribution in [0.5, 0.6) is 0 Å². The zero-order valence-corrected chi connectivity index (χ0v) is 4.58. The lowest BCUT2D eigenvalue weighted by molar-refractivity contribution is 0.582. The smallest absolute Gasteiger partial charge is 0.209 e. The second-order valence-electron chi connectivity index (χ2n) is 1.54. The van der Waals surface area contributed by atoms with Gasteiger partial charge in [-0.3, -0.25) is 0 Å². The fraction of sp³-hybridized carbons (Fsp3) is 0. The summed E-state index contributed by atoms with van der Waals surface area (Å²) in [5, 5.41) is 8.34. The molecular formula is C5H4BFNO-. The van der Waals surface area contributed by atoms with Crippen LogP contribution in [0, 0.1) is 5.95 Å². The molecule has 0 aliphatic rings. The van der Waals surface area contributed by atoms with Crippen molar-refractivity contribution in [3.8, 4) is 0 Å². The highest BCUT2D eigenvalue weighted by atomic mass is 19.1. The molecule has 0 amide bonds. The van der Waals surface area contributed by atoms with Crippen molar-refractivity contribution in [3.05, 3.63) is 24.3 Å². The van der Waals surface area contributed by atoms with E-state index >= 15 is 0 Å². The molecule has 1 N–H and O–H groups in total. The van der Waals surface area contributed by atoms with Crippen LogP contribution in [-0.4, -0.2) is 17.5 Å². The van der Waals surface area contributed by atoms with E-state index in [4.69, 9.17) is 5.02 Å². The average Bonchev–Trinajstić information content (AvgIpc) is 1.88. The highest BCUT2D eigenvalue weighted by Gasteiger charge is 1.83. The largest absolute Gasteiger partial charge is 0.668 e. The Morgan fingerprint density at radius 3 is 2.89 bits per heavy atom. The van der Waals surface area contributed by atoms with Gasteiger partial charge in [-0.15, -0.1) is 7.48 Å². The molecular weight excluding hydrogens is 120 g/mol. The zero-order valence-electron chi connectivity index (χ0n) is 4.58. The van der Waals surface area contributed by atoms with Crippen molar-refractivity contribution >= 4 is 12.9 Å². The van der Waals surface area contributed by atoms with Crippen LogP contribution in [0.25, 0.3) is 0 Å². The summed E-state index contributed by atoms with van der Waals surface area (Å²) in [5.41, 5.74) is 0.419. The van der Waals surface area contributed by atoms with E-state index in [2.05, 4.69) is 4.98 Å². The minimum Gasteiger partial charge on any atom is -0.668 e. The normalized spacial score (nSPS) is 9.56. The first-order valence-electron chi connectivity index (χ1n) is 2.42. The monoisotopic (exact) mass is 124 g/mol. The summed E-state index contributed by atoms with van der Waals surface area (Å²) in [5.74, 6) is -0.585. The van der Waals surface area contributed by atoms with Gasteiger partial charge in [0.05, 0.1) is 0 Å². The number of rotatable bonds is 1. The van der Waals surface area contributed by atoms with E-state index < -0.39 is 5.95 Å². The van der Waals surface area contributed by atoms with Crippen molar-refractivity contribution in [2.24, 2.45) is 0 Å². The topological polar surface area (TPSA) is 33.1 Å². The number of hydrogen-bond donors (Lipinski definition) is 1. The third kappa shape index (κ3) is 1.50. The molecule has 46 valence electrons. The van der Waals surface area contributed by atoms with Crippen LogP contribution in [0.15, 0.2) is 18.3 Å². The summed E-state index contributed by atoms with van der Waals surface area (Å²) in [6.45, 7) is 0. The average molecular weight is 124 g/mol. The van der Waals surface area contributed by atoms with Crippen molar-refractivity contribution in [2.45, 2.75) is 0 Å². The number of aromatic nitrogens is 1. The van der Waals surface area contributed by atoms with Crippen LogP contribution >= 0.6 is 0 Å². The molecule has 1 rings (SSSR count).